The van der Waals surface area contributed by atoms with Gasteiger partial charge in [-0.3, -0.25) is 9.59 Å². The number of aryl methyl sites for hydroxylation is 1. The number of nitrogens with zero attached hydrogens (tertiary/aromatic N) is 2. The summed E-state index contributed by atoms with van der Waals surface area (Å²) in [5.41, 5.74) is 1.96. The molecule has 0 spiro atoms. The zero-order valence-corrected chi connectivity index (χ0v) is 23.2. The van der Waals surface area contributed by atoms with Crippen molar-refractivity contribution in [2.24, 2.45) is 5.92 Å². The van der Waals surface area contributed by atoms with Crippen LogP contribution < -0.4 is 9.47 Å². The van der Waals surface area contributed by atoms with Gasteiger partial charge in [0.1, 0.15) is 11.5 Å². The Labute approximate surface area is 226 Å². The molecule has 7 nitrogen and oxygen atoms in total. The van der Waals surface area contributed by atoms with Crippen molar-refractivity contribution in [3.05, 3.63) is 83.3 Å². The lowest BCUT2D eigenvalue weighted by molar-refractivity contribution is -0.140. The summed E-state index contributed by atoms with van der Waals surface area (Å²) in [5.74, 6) is 3.09. The zero-order valence-electron chi connectivity index (χ0n) is 23.2. The van der Waals surface area contributed by atoms with Crippen LogP contribution in [0.4, 0.5) is 0 Å². The van der Waals surface area contributed by atoms with E-state index in [1.165, 1.54) is 0 Å². The lowest BCUT2D eigenvalue weighted by Crippen LogP contribution is -2.44. The highest BCUT2D eigenvalue weighted by Crippen LogP contribution is 2.28. The maximum atomic E-state index is 13.7. The van der Waals surface area contributed by atoms with Crippen molar-refractivity contribution in [1.29, 1.82) is 0 Å². The smallest absolute Gasteiger partial charge is 0.242 e. The van der Waals surface area contributed by atoms with Gasteiger partial charge in [0.2, 0.25) is 11.8 Å². The normalized spacial score (nSPS) is 10.9. The van der Waals surface area contributed by atoms with Crippen LogP contribution in [0.3, 0.4) is 0 Å². The Hall–Kier alpha value is -3.74. The van der Waals surface area contributed by atoms with Crippen LogP contribution in [-0.2, 0) is 29.0 Å². The third-order valence-electron chi connectivity index (χ3n) is 6.47. The Kier molecular flexibility index (Phi) is 10.8. The molecule has 0 saturated carbocycles. The van der Waals surface area contributed by atoms with Gasteiger partial charge in [-0.15, -0.1) is 0 Å². The second-order valence-corrected chi connectivity index (χ2v) is 9.93. The number of benzene rings is 2. The largest absolute Gasteiger partial charge is 0.493 e. The molecular weight excluding hydrogens is 480 g/mol. The van der Waals surface area contributed by atoms with Crippen LogP contribution in [0.1, 0.15) is 42.9 Å². The molecule has 204 valence electrons. The molecule has 0 bridgehead atoms. The molecule has 0 aliphatic heterocycles. The molecule has 0 aliphatic rings. The first-order valence-corrected chi connectivity index (χ1v) is 13.1. The van der Waals surface area contributed by atoms with Crippen LogP contribution in [0, 0.1) is 12.8 Å². The van der Waals surface area contributed by atoms with Gasteiger partial charge in [-0.2, -0.15) is 0 Å². The lowest BCUT2D eigenvalue weighted by atomic mass is 10.1. The molecule has 1 heterocycles. The van der Waals surface area contributed by atoms with Gasteiger partial charge in [-0.1, -0.05) is 50.2 Å². The molecule has 1 aromatic heterocycles. The molecule has 7 heteroatoms. The van der Waals surface area contributed by atoms with Gasteiger partial charge in [0.05, 0.1) is 33.7 Å². The molecule has 0 radical (unpaired) electrons. The number of hydrogen-bond acceptors (Lipinski definition) is 5. The van der Waals surface area contributed by atoms with Crippen LogP contribution in [-0.4, -0.2) is 55.5 Å². The number of amides is 2. The number of ether oxygens (including phenoxy) is 2. The van der Waals surface area contributed by atoms with Crippen molar-refractivity contribution in [2.75, 3.05) is 33.9 Å². The van der Waals surface area contributed by atoms with Gasteiger partial charge < -0.3 is 23.7 Å². The average Bonchev–Trinajstić information content (AvgIpc) is 3.33. The average molecular weight is 521 g/mol. The quantitative estimate of drug-likeness (QED) is 0.289. The summed E-state index contributed by atoms with van der Waals surface area (Å²) in [5, 5.41) is 0. The van der Waals surface area contributed by atoms with Crippen LogP contribution in [0.15, 0.2) is 65.1 Å². The highest BCUT2D eigenvalue weighted by molar-refractivity contribution is 5.86. The molecule has 3 aromatic rings. The monoisotopic (exact) mass is 520 g/mol. The number of rotatable bonds is 14. The SMILES string of the molecule is COc1ccc(CCN(Cc2ccc(C)o2)C(=O)CN(CCC(C)C)C(=O)Cc2ccccc2)cc1OC. The Bertz CT molecular complexity index is 1170. The molecule has 0 unspecified atom stereocenters. The Morgan fingerprint density at radius 2 is 1.58 bits per heavy atom. The highest BCUT2D eigenvalue weighted by atomic mass is 16.5. The first kappa shape index (κ1) is 28.8. The summed E-state index contributed by atoms with van der Waals surface area (Å²) in [6, 6.07) is 19.2. The van der Waals surface area contributed by atoms with Crippen molar-refractivity contribution in [1.82, 2.24) is 9.80 Å². The fourth-order valence-electron chi connectivity index (χ4n) is 4.20. The molecule has 3 rings (SSSR count). The standard InChI is InChI=1S/C31H40N2O5/c1-23(2)15-17-33(30(34)20-25-9-7-6-8-10-25)22-31(35)32(21-27-13-11-24(3)38-27)18-16-26-12-14-28(36-4)29(19-26)37-5/h6-14,19,23H,15-18,20-22H2,1-5H3. The summed E-state index contributed by atoms with van der Waals surface area (Å²) in [6.45, 7) is 7.51. The van der Waals surface area contributed by atoms with Crippen LogP contribution in [0.5, 0.6) is 11.5 Å². The molecule has 0 aliphatic carbocycles. The minimum atomic E-state index is -0.107. The van der Waals surface area contributed by atoms with E-state index in [0.29, 0.717) is 49.2 Å². The fourth-order valence-corrected chi connectivity index (χ4v) is 4.20. The van der Waals surface area contributed by atoms with Gasteiger partial charge in [-0.25, -0.2) is 0 Å². The Morgan fingerprint density at radius 1 is 0.842 bits per heavy atom. The van der Waals surface area contributed by atoms with Crippen LogP contribution in [0.25, 0.3) is 0 Å². The van der Waals surface area contributed by atoms with Gasteiger partial charge in [-0.05, 0) is 61.1 Å². The van der Waals surface area contributed by atoms with Crippen molar-refractivity contribution in [2.45, 2.75) is 46.6 Å². The molecule has 0 saturated heterocycles. The van der Waals surface area contributed by atoms with Crippen molar-refractivity contribution in [3.8, 4) is 11.5 Å². The number of methoxy groups -OCH3 is 2. The second kappa shape index (κ2) is 14.3. The number of furan rings is 1. The minimum absolute atomic E-state index is 0.0318. The lowest BCUT2D eigenvalue weighted by Gasteiger charge is -2.28. The van der Waals surface area contributed by atoms with E-state index in [2.05, 4.69) is 13.8 Å². The van der Waals surface area contributed by atoms with Crippen LogP contribution in [0.2, 0.25) is 0 Å². The van der Waals surface area contributed by atoms with Gasteiger partial charge in [0.25, 0.3) is 0 Å². The van der Waals surface area contributed by atoms with Crippen LogP contribution >= 0.6 is 0 Å². The van der Waals surface area contributed by atoms with E-state index in [0.717, 1.165) is 23.3 Å². The fraction of sp³-hybridized carbons (Fsp3) is 0.419. The molecule has 38 heavy (non-hydrogen) atoms. The number of carbonyl (C=O) groups excluding carboxylic acids is 2. The van der Waals surface area contributed by atoms with Crippen molar-refractivity contribution < 1.29 is 23.5 Å². The Morgan fingerprint density at radius 3 is 2.21 bits per heavy atom. The van der Waals surface area contributed by atoms with E-state index in [1.54, 1.807) is 24.0 Å². The third kappa shape index (κ3) is 8.68. The summed E-state index contributed by atoms with van der Waals surface area (Å²) in [6.07, 6.45) is 1.72. The maximum Gasteiger partial charge on any atom is 0.242 e. The number of carbonyl (C=O) groups is 2. The van der Waals surface area contributed by atoms with E-state index in [9.17, 15) is 9.59 Å². The van der Waals surface area contributed by atoms with Gasteiger partial charge in [0.15, 0.2) is 11.5 Å². The maximum absolute atomic E-state index is 13.7. The molecular formula is C31H40N2O5. The van der Waals surface area contributed by atoms with Crippen molar-refractivity contribution >= 4 is 11.8 Å². The molecule has 2 aromatic carbocycles. The van der Waals surface area contributed by atoms with E-state index in [1.807, 2.05) is 67.6 Å². The van der Waals surface area contributed by atoms with E-state index >= 15 is 0 Å². The molecule has 0 N–H and O–H groups in total. The Balaban J connectivity index is 1.76. The first-order chi connectivity index (χ1) is 18.3. The van der Waals surface area contributed by atoms with E-state index in [4.69, 9.17) is 13.9 Å². The van der Waals surface area contributed by atoms with Gasteiger partial charge in [0, 0.05) is 13.1 Å². The topological polar surface area (TPSA) is 72.2 Å². The summed E-state index contributed by atoms with van der Waals surface area (Å²) in [4.78, 5) is 30.4. The molecule has 0 fully saturated rings. The van der Waals surface area contributed by atoms with Crippen molar-refractivity contribution in [3.63, 3.8) is 0 Å². The number of hydrogen-bond donors (Lipinski definition) is 0. The zero-order chi connectivity index (χ0) is 27.5. The second-order valence-electron chi connectivity index (χ2n) is 9.93. The highest BCUT2D eigenvalue weighted by Gasteiger charge is 2.23. The van der Waals surface area contributed by atoms with E-state index < -0.39 is 0 Å². The third-order valence-corrected chi connectivity index (χ3v) is 6.47. The predicted octanol–water partition coefficient (Wildman–Crippen LogP) is 5.29. The molecule has 2 amide bonds. The summed E-state index contributed by atoms with van der Waals surface area (Å²) in [7, 11) is 3.21. The minimum Gasteiger partial charge on any atom is -0.493 e. The summed E-state index contributed by atoms with van der Waals surface area (Å²) >= 11 is 0. The van der Waals surface area contributed by atoms with Gasteiger partial charge >= 0.3 is 0 Å². The molecule has 0 atom stereocenters. The summed E-state index contributed by atoms with van der Waals surface area (Å²) < 4.78 is 16.6. The van der Waals surface area contributed by atoms with E-state index in [-0.39, 0.29) is 24.8 Å². The predicted molar refractivity (Wildman–Crippen MR) is 148 cm³/mol. The first-order valence-electron chi connectivity index (χ1n) is 13.1.